The highest BCUT2D eigenvalue weighted by Gasteiger charge is 2.34. The molecule has 6 heteroatoms. The monoisotopic (exact) mass is 277 g/mol. The van der Waals surface area contributed by atoms with Crippen molar-refractivity contribution in [1.29, 1.82) is 0 Å². The predicted octanol–water partition coefficient (Wildman–Crippen LogP) is 3.43. The van der Waals surface area contributed by atoms with Crippen LogP contribution in [0.4, 0.5) is 13.2 Å². The SMILES string of the molecule is CC(C)N(CC(F)(F)F)C(C)c1cc(O)cc(O)c1. The van der Waals surface area contributed by atoms with Crippen molar-refractivity contribution in [3.63, 3.8) is 0 Å². The third kappa shape index (κ3) is 4.63. The summed E-state index contributed by atoms with van der Waals surface area (Å²) in [5.41, 5.74) is 0.440. The molecule has 0 radical (unpaired) electrons. The number of hydrogen-bond donors (Lipinski definition) is 2. The van der Waals surface area contributed by atoms with Crippen LogP contribution in [0.1, 0.15) is 32.4 Å². The Morgan fingerprint density at radius 1 is 1.05 bits per heavy atom. The lowest BCUT2D eigenvalue weighted by Gasteiger charge is -2.33. The second kappa shape index (κ2) is 5.69. The Morgan fingerprint density at radius 2 is 1.53 bits per heavy atom. The van der Waals surface area contributed by atoms with Gasteiger partial charge in [-0.25, -0.2) is 0 Å². The van der Waals surface area contributed by atoms with E-state index in [1.165, 1.54) is 17.0 Å². The average Bonchev–Trinajstić information content (AvgIpc) is 2.22. The van der Waals surface area contributed by atoms with Crippen LogP contribution in [0.5, 0.6) is 11.5 Å². The fourth-order valence-electron chi connectivity index (χ4n) is 2.02. The first-order valence-electron chi connectivity index (χ1n) is 5.95. The van der Waals surface area contributed by atoms with Gasteiger partial charge in [0.25, 0.3) is 0 Å². The van der Waals surface area contributed by atoms with Gasteiger partial charge in [0.15, 0.2) is 0 Å². The van der Waals surface area contributed by atoms with Gasteiger partial charge in [0.05, 0.1) is 6.54 Å². The maximum absolute atomic E-state index is 12.6. The lowest BCUT2D eigenvalue weighted by molar-refractivity contribution is -0.154. The highest BCUT2D eigenvalue weighted by molar-refractivity contribution is 5.38. The number of phenolic OH excluding ortho intramolecular Hbond substituents is 2. The number of halogens is 3. The molecule has 1 rings (SSSR count). The molecule has 0 spiro atoms. The minimum absolute atomic E-state index is 0.169. The molecule has 19 heavy (non-hydrogen) atoms. The van der Waals surface area contributed by atoms with Crippen LogP contribution in [-0.4, -0.2) is 33.9 Å². The number of aromatic hydroxyl groups is 2. The zero-order chi connectivity index (χ0) is 14.8. The van der Waals surface area contributed by atoms with Gasteiger partial charge in [-0.2, -0.15) is 13.2 Å². The number of rotatable bonds is 4. The fourth-order valence-corrected chi connectivity index (χ4v) is 2.02. The van der Waals surface area contributed by atoms with E-state index in [9.17, 15) is 23.4 Å². The van der Waals surface area contributed by atoms with Gasteiger partial charge in [-0.3, -0.25) is 4.90 Å². The molecular formula is C13H18F3NO2. The molecule has 0 aliphatic heterocycles. The molecule has 0 heterocycles. The normalized spacial score (nSPS) is 14.1. The third-order valence-electron chi connectivity index (χ3n) is 2.93. The zero-order valence-electron chi connectivity index (χ0n) is 11.1. The molecule has 0 amide bonds. The largest absolute Gasteiger partial charge is 0.508 e. The van der Waals surface area contributed by atoms with Crippen molar-refractivity contribution in [3.05, 3.63) is 23.8 Å². The van der Waals surface area contributed by atoms with E-state index < -0.39 is 18.8 Å². The van der Waals surface area contributed by atoms with E-state index in [2.05, 4.69) is 0 Å². The topological polar surface area (TPSA) is 43.7 Å². The summed E-state index contributed by atoms with van der Waals surface area (Å²) in [5, 5.41) is 18.8. The van der Waals surface area contributed by atoms with E-state index in [4.69, 9.17) is 0 Å². The molecule has 0 saturated heterocycles. The fraction of sp³-hybridized carbons (Fsp3) is 0.538. The Kier molecular flexibility index (Phi) is 4.68. The van der Waals surface area contributed by atoms with Crippen LogP contribution in [0.25, 0.3) is 0 Å². The van der Waals surface area contributed by atoms with Crippen molar-refractivity contribution < 1.29 is 23.4 Å². The number of phenols is 2. The van der Waals surface area contributed by atoms with E-state index >= 15 is 0 Å². The highest BCUT2D eigenvalue weighted by Crippen LogP contribution is 2.31. The first kappa shape index (κ1) is 15.6. The average molecular weight is 277 g/mol. The first-order valence-corrected chi connectivity index (χ1v) is 5.95. The summed E-state index contributed by atoms with van der Waals surface area (Å²) in [5.74, 6) is -0.338. The van der Waals surface area contributed by atoms with Crippen molar-refractivity contribution >= 4 is 0 Å². The van der Waals surface area contributed by atoms with E-state index in [0.29, 0.717) is 5.56 Å². The summed E-state index contributed by atoms with van der Waals surface area (Å²) >= 11 is 0. The van der Waals surface area contributed by atoms with Gasteiger partial charge >= 0.3 is 6.18 Å². The maximum Gasteiger partial charge on any atom is 0.401 e. The van der Waals surface area contributed by atoms with Crippen molar-refractivity contribution in [1.82, 2.24) is 4.90 Å². The summed E-state index contributed by atoms with van der Waals surface area (Å²) in [6, 6.07) is 2.96. The molecule has 1 atom stereocenters. The molecule has 0 fully saturated rings. The lowest BCUT2D eigenvalue weighted by atomic mass is 10.0. The maximum atomic E-state index is 12.6. The Balaban J connectivity index is 3.02. The molecule has 1 unspecified atom stereocenters. The van der Waals surface area contributed by atoms with Gasteiger partial charge in [0, 0.05) is 18.2 Å². The first-order chi connectivity index (χ1) is 8.60. The summed E-state index contributed by atoms with van der Waals surface area (Å²) in [6.07, 6.45) is -4.29. The molecule has 0 bridgehead atoms. The van der Waals surface area contributed by atoms with Gasteiger partial charge in [-0.15, -0.1) is 0 Å². The Bertz CT molecular complexity index is 412. The highest BCUT2D eigenvalue weighted by atomic mass is 19.4. The third-order valence-corrected chi connectivity index (χ3v) is 2.93. The molecule has 0 aliphatic rings. The van der Waals surface area contributed by atoms with Crippen molar-refractivity contribution in [2.24, 2.45) is 0 Å². The van der Waals surface area contributed by atoms with Crippen molar-refractivity contribution in [2.45, 2.75) is 39.0 Å². The van der Waals surface area contributed by atoms with Crippen LogP contribution in [0.2, 0.25) is 0 Å². The minimum Gasteiger partial charge on any atom is -0.508 e. The predicted molar refractivity (Wildman–Crippen MR) is 66.1 cm³/mol. The van der Waals surface area contributed by atoms with Crippen molar-refractivity contribution in [3.8, 4) is 11.5 Å². The van der Waals surface area contributed by atoms with E-state index in [1.54, 1.807) is 20.8 Å². The quantitative estimate of drug-likeness (QED) is 0.886. The summed E-state index contributed by atoms with van der Waals surface area (Å²) in [7, 11) is 0. The Morgan fingerprint density at radius 3 is 1.89 bits per heavy atom. The van der Waals surface area contributed by atoms with Gasteiger partial charge in [-0.05, 0) is 38.5 Å². The van der Waals surface area contributed by atoms with E-state index in [-0.39, 0.29) is 17.5 Å². The second-order valence-electron chi connectivity index (χ2n) is 4.84. The van der Waals surface area contributed by atoms with Gasteiger partial charge in [-0.1, -0.05) is 0 Å². The lowest BCUT2D eigenvalue weighted by Crippen LogP contribution is -2.40. The number of alkyl halides is 3. The van der Waals surface area contributed by atoms with E-state index in [0.717, 1.165) is 6.07 Å². The molecule has 1 aromatic rings. The molecule has 2 N–H and O–H groups in total. The van der Waals surface area contributed by atoms with E-state index in [1.807, 2.05) is 0 Å². The number of nitrogens with zero attached hydrogens (tertiary/aromatic N) is 1. The summed E-state index contributed by atoms with van der Waals surface area (Å²) in [6.45, 7) is 3.91. The smallest absolute Gasteiger partial charge is 0.401 e. The Labute approximate surface area is 110 Å². The van der Waals surface area contributed by atoms with Crippen LogP contribution < -0.4 is 0 Å². The summed E-state index contributed by atoms with van der Waals surface area (Å²) in [4.78, 5) is 1.26. The van der Waals surface area contributed by atoms with Gasteiger partial charge in [0.2, 0.25) is 0 Å². The number of hydrogen-bond acceptors (Lipinski definition) is 3. The molecule has 108 valence electrons. The van der Waals surface area contributed by atoms with Crippen LogP contribution in [0, 0.1) is 0 Å². The van der Waals surface area contributed by atoms with Crippen LogP contribution in [-0.2, 0) is 0 Å². The standard InChI is InChI=1S/C13H18F3NO2/c1-8(2)17(7-13(14,15)16)9(3)10-4-11(18)6-12(19)5-10/h4-6,8-9,18-19H,7H2,1-3H3. The molecule has 0 aromatic heterocycles. The van der Waals surface area contributed by atoms with Crippen molar-refractivity contribution in [2.75, 3.05) is 6.54 Å². The van der Waals surface area contributed by atoms with Gasteiger partial charge < -0.3 is 10.2 Å². The molecule has 3 nitrogen and oxygen atoms in total. The van der Waals surface area contributed by atoms with Gasteiger partial charge in [0.1, 0.15) is 11.5 Å². The Hall–Kier alpha value is -1.43. The molecule has 0 saturated carbocycles. The minimum atomic E-state index is -4.29. The second-order valence-corrected chi connectivity index (χ2v) is 4.84. The van der Waals surface area contributed by atoms with Crippen LogP contribution in [0.15, 0.2) is 18.2 Å². The molecular weight excluding hydrogens is 259 g/mol. The molecule has 0 aliphatic carbocycles. The molecule has 1 aromatic carbocycles. The zero-order valence-corrected chi connectivity index (χ0v) is 11.1. The van der Waals surface area contributed by atoms with Crippen LogP contribution >= 0.6 is 0 Å². The van der Waals surface area contributed by atoms with Crippen LogP contribution in [0.3, 0.4) is 0 Å². The number of benzene rings is 1. The summed E-state index contributed by atoms with van der Waals surface area (Å²) < 4.78 is 37.7.